The van der Waals surface area contributed by atoms with Crippen molar-refractivity contribution in [3.63, 3.8) is 0 Å². The molecule has 3 heteroatoms. The minimum Gasteiger partial charge on any atom is -0.373 e. The summed E-state index contributed by atoms with van der Waals surface area (Å²) in [5.74, 6) is 0.393. The van der Waals surface area contributed by atoms with E-state index in [9.17, 15) is 0 Å². The van der Waals surface area contributed by atoms with Gasteiger partial charge in [0.1, 0.15) is 0 Å². The number of ether oxygens (including phenoxy) is 1. The maximum atomic E-state index is 6.33. The third-order valence-corrected chi connectivity index (χ3v) is 6.20. The third kappa shape index (κ3) is 3.61. The Morgan fingerprint density at radius 3 is 2.91 bits per heavy atom. The number of hydrogen-bond donors (Lipinski definition) is 0. The van der Waals surface area contributed by atoms with E-state index >= 15 is 0 Å². The van der Waals surface area contributed by atoms with Crippen molar-refractivity contribution < 1.29 is 4.74 Å². The van der Waals surface area contributed by atoms with Gasteiger partial charge in [-0.3, -0.25) is 0 Å². The summed E-state index contributed by atoms with van der Waals surface area (Å²) in [4.78, 5) is 0. The summed E-state index contributed by atoms with van der Waals surface area (Å²) >= 11 is 8.24. The average molecular weight is 335 g/mol. The summed E-state index contributed by atoms with van der Waals surface area (Å²) in [6, 6.07) is 6.57. The fourth-order valence-electron chi connectivity index (χ4n) is 3.30. The van der Waals surface area contributed by atoms with Crippen LogP contribution in [0.2, 0.25) is 0 Å². The third-order valence-electron chi connectivity index (χ3n) is 4.51. The zero-order chi connectivity index (χ0) is 15.7. The smallest absolute Gasteiger partial charge is 0.0723 e. The lowest BCUT2D eigenvalue weighted by atomic mass is 9.90. The monoisotopic (exact) mass is 334 g/mol. The molecule has 1 aliphatic heterocycles. The Labute approximate surface area is 142 Å². The van der Waals surface area contributed by atoms with Crippen LogP contribution in [-0.4, -0.2) is 16.6 Å². The van der Waals surface area contributed by atoms with Gasteiger partial charge in [0.25, 0.3) is 0 Å². The quantitative estimate of drug-likeness (QED) is 0.732. The van der Waals surface area contributed by atoms with Crippen LogP contribution in [0.1, 0.15) is 30.0 Å². The van der Waals surface area contributed by atoms with Crippen molar-refractivity contribution in [1.29, 1.82) is 0 Å². The van der Waals surface area contributed by atoms with Gasteiger partial charge in [0.2, 0.25) is 0 Å². The lowest BCUT2D eigenvalue weighted by molar-refractivity contribution is 0.00694. The Kier molecular flexibility index (Phi) is 5.01. The van der Waals surface area contributed by atoms with E-state index in [0.717, 1.165) is 11.5 Å². The van der Waals surface area contributed by atoms with Crippen LogP contribution in [0, 0.1) is 19.8 Å². The predicted molar refractivity (Wildman–Crippen MR) is 96.5 cm³/mol. The van der Waals surface area contributed by atoms with Gasteiger partial charge in [-0.05, 0) is 37.5 Å². The van der Waals surface area contributed by atoms with E-state index in [1.54, 1.807) is 0 Å². The van der Waals surface area contributed by atoms with Crippen molar-refractivity contribution in [2.24, 2.45) is 5.92 Å². The van der Waals surface area contributed by atoms with E-state index in [2.05, 4.69) is 51.1 Å². The van der Waals surface area contributed by atoms with Crippen LogP contribution >= 0.6 is 23.4 Å². The number of benzene rings is 1. The van der Waals surface area contributed by atoms with Gasteiger partial charge in [0, 0.05) is 21.5 Å². The highest BCUT2D eigenvalue weighted by atomic mass is 35.5. The summed E-state index contributed by atoms with van der Waals surface area (Å²) in [6.07, 6.45) is 7.78. The first-order valence-corrected chi connectivity index (χ1v) is 9.23. The number of aryl methyl sites for hydroxylation is 2. The molecule has 0 aromatic heterocycles. The van der Waals surface area contributed by atoms with E-state index in [1.807, 2.05) is 17.8 Å². The minimum atomic E-state index is 0.251. The zero-order valence-corrected chi connectivity index (χ0v) is 15.0. The molecule has 0 bridgehead atoms. The van der Waals surface area contributed by atoms with E-state index < -0.39 is 0 Å². The SMILES string of the molecule is Cc1ccc(CO[C@H]2C[C@@H](C)S[C@@H]3C=CC(Cl)=C[C@H]23)c(C)c1. The van der Waals surface area contributed by atoms with Crippen molar-refractivity contribution in [2.75, 3.05) is 0 Å². The van der Waals surface area contributed by atoms with Gasteiger partial charge in [0.15, 0.2) is 0 Å². The fourth-order valence-corrected chi connectivity index (χ4v) is 4.96. The minimum absolute atomic E-state index is 0.251. The summed E-state index contributed by atoms with van der Waals surface area (Å²) in [5.41, 5.74) is 3.90. The molecule has 1 heterocycles. The highest BCUT2D eigenvalue weighted by Crippen LogP contribution is 2.42. The zero-order valence-electron chi connectivity index (χ0n) is 13.4. The second-order valence-electron chi connectivity index (χ2n) is 6.41. The number of allylic oxidation sites excluding steroid dienone is 2. The number of halogens is 1. The van der Waals surface area contributed by atoms with Gasteiger partial charge < -0.3 is 4.74 Å². The average Bonchev–Trinajstić information content (AvgIpc) is 2.46. The molecule has 1 aromatic carbocycles. The first-order chi connectivity index (χ1) is 10.5. The topological polar surface area (TPSA) is 9.23 Å². The molecule has 1 saturated heterocycles. The molecule has 0 unspecified atom stereocenters. The molecule has 1 aliphatic carbocycles. The molecule has 0 spiro atoms. The Bertz CT molecular complexity index is 607. The summed E-state index contributed by atoms with van der Waals surface area (Å²) in [6.45, 7) is 7.27. The largest absolute Gasteiger partial charge is 0.373 e. The Balaban J connectivity index is 1.71. The van der Waals surface area contributed by atoms with Gasteiger partial charge in [-0.25, -0.2) is 0 Å². The predicted octanol–water partition coefficient (Wildman–Crippen LogP) is 5.39. The maximum absolute atomic E-state index is 6.33. The molecule has 22 heavy (non-hydrogen) atoms. The molecule has 1 fully saturated rings. The van der Waals surface area contributed by atoms with Crippen molar-refractivity contribution >= 4 is 23.4 Å². The van der Waals surface area contributed by atoms with Crippen LogP contribution in [0.25, 0.3) is 0 Å². The molecule has 3 rings (SSSR count). The number of rotatable bonds is 3. The van der Waals surface area contributed by atoms with Crippen molar-refractivity contribution in [3.8, 4) is 0 Å². The molecule has 1 nitrogen and oxygen atoms in total. The Morgan fingerprint density at radius 2 is 2.14 bits per heavy atom. The lowest BCUT2D eigenvalue weighted by Gasteiger charge is -2.39. The molecule has 118 valence electrons. The number of thioether (sulfide) groups is 1. The van der Waals surface area contributed by atoms with Gasteiger partial charge in [-0.2, -0.15) is 11.8 Å². The Morgan fingerprint density at radius 1 is 1.32 bits per heavy atom. The van der Waals surface area contributed by atoms with Crippen LogP contribution in [0.5, 0.6) is 0 Å². The molecule has 4 atom stereocenters. The van der Waals surface area contributed by atoms with Crippen LogP contribution < -0.4 is 0 Å². The van der Waals surface area contributed by atoms with Crippen LogP contribution in [0.3, 0.4) is 0 Å². The van der Waals surface area contributed by atoms with E-state index in [4.69, 9.17) is 16.3 Å². The molecule has 0 amide bonds. The van der Waals surface area contributed by atoms with E-state index in [0.29, 0.717) is 23.0 Å². The van der Waals surface area contributed by atoms with Crippen LogP contribution in [0.15, 0.2) is 41.5 Å². The van der Waals surface area contributed by atoms with Crippen molar-refractivity contribution in [1.82, 2.24) is 0 Å². The van der Waals surface area contributed by atoms with Crippen molar-refractivity contribution in [2.45, 2.75) is 50.4 Å². The molecule has 0 radical (unpaired) electrons. The molecule has 2 aliphatic rings. The van der Waals surface area contributed by atoms with Gasteiger partial charge in [-0.15, -0.1) is 0 Å². The highest BCUT2D eigenvalue weighted by molar-refractivity contribution is 8.00. The first kappa shape index (κ1) is 16.2. The molecule has 1 aromatic rings. The van der Waals surface area contributed by atoms with Gasteiger partial charge >= 0.3 is 0 Å². The van der Waals surface area contributed by atoms with E-state index in [-0.39, 0.29) is 6.10 Å². The molecular formula is C19H23ClOS. The second-order valence-corrected chi connectivity index (χ2v) is 8.47. The molecule has 0 saturated carbocycles. The maximum Gasteiger partial charge on any atom is 0.0723 e. The molecular weight excluding hydrogens is 312 g/mol. The summed E-state index contributed by atoms with van der Waals surface area (Å²) in [7, 11) is 0. The fraction of sp³-hybridized carbons (Fsp3) is 0.474. The summed E-state index contributed by atoms with van der Waals surface area (Å²) < 4.78 is 6.33. The van der Waals surface area contributed by atoms with Gasteiger partial charge in [-0.1, -0.05) is 54.4 Å². The highest BCUT2D eigenvalue weighted by Gasteiger charge is 2.36. The normalized spacial score (nSPS) is 30.8. The van der Waals surface area contributed by atoms with Gasteiger partial charge in [0.05, 0.1) is 12.7 Å². The summed E-state index contributed by atoms with van der Waals surface area (Å²) in [5, 5.41) is 1.96. The van der Waals surface area contributed by atoms with Crippen molar-refractivity contribution in [3.05, 3.63) is 58.1 Å². The Hall–Kier alpha value is -0.700. The molecule has 0 N–H and O–H groups in total. The van der Waals surface area contributed by atoms with Crippen LogP contribution in [0.4, 0.5) is 0 Å². The number of hydrogen-bond acceptors (Lipinski definition) is 2. The van der Waals surface area contributed by atoms with Crippen LogP contribution in [-0.2, 0) is 11.3 Å². The standard InChI is InChI=1S/C19H23ClOS/c1-12-4-5-15(13(2)8-12)11-21-18-9-14(3)22-19-7-6-16(20)10-17(18)19/h4-8,10,14,17-19H,9,11H2,1-3H3/t14-,17-,18+,19-/m1/s1. The van der Waals surface area contributed by atoms with E-state index in [1.165, 1.54) is 16.7 Å². The second kappa shape index (κ2) is 6.82. The number of fused-ring (bicyclic) bond motifs is 1. The first-order valence-electron chi connectivity index (χ1n) is 7.91. The lowest BCUT2D eigenvalue weighted by Crippen LogP contribution is -2.38.